The molecule has 0 unspecified atom stereocenters. The molecular formula is C13H19N3O3S. The molecule has 1 atom stereocenters. The molecule has 1 aromatic rings. The smallest absolute Gasteiger partial charge is 0.224 e. The predicted molar refractivity (Wildman–Crippen MR) is 78.6 cm³/mol. The molecule has 1 saturated heterocycles. The van der Waals surface area contributed by atoms with Crippen LogP contribution >= 0.6 is 0 Å². The van der Waals surface area contributed by atoms with Crippen LogP contribution in [0.2, 0.25) is 0 Å². The van der Waals surface area contributed by atoms with Gasteiger partial charge in [0.15, 0.2) is 9.84 Å². The normalized spacial score (nSPS) is 20.6. The summed E-state index contributed by atoms with van der Waals surface area (Å²) in [4.78, 5) is 17.9. The quantitative estimate of drug-likeness (QED) is 0.893. The van der Waals surface area contributed by atoms with Crippen LogP contribution in [-0.2, 0) is 14.6 Å². The first kappa shape index (κ1) is 14.8. The SMILES string of the molecule is CN(C)c1cnccc1NC(=O)C[C@H]1CCS(=O)(=O)C1. The highest BCUT2D eigenvalue weighted by Gasteiger charge is 2.29. The zero-order valence-electron chi connectivity index (χ0n) is 11.7. The number of nitrogens with one attached hydrogen (secondary N) is 1. The summed E-state index contributed by atoms with van der Waals surface area (Å²) >= 11 is 0. The van der Waals surface area contributed by atoms with Crippen molar-refractivity contribution in [3.05, 3.63) is 18.5 Å². The topological polar surface area (TPSA) is 79.4 Å². The number of carbonyl (C=O) groups is 1. The van der Waals surface area contributed by atoms with Crippen molar-refractivity contribution in [2.75, 3.05) is 35.8 Å². The van der Waals surface area contributed by atoms with Crippen molar-refractivity contribution < 1.29 is 13.2 Å². The summed E-state index contributed by atoms with van der Waals surface area (Å²) in [6.45, 7) is 0. The number of hydrogen-bond acceptors (Lipinski definition) is 5. The van der Waals surface area contributed by atoms with Gasteiger partial charge >= 0.3 is 0 Å². The highest BCUT2D eigenvalue weighted by Crippen LogP contribution is 2.25. The molecule has 0 saturated carbocycles. The fraction of sp³-hybridized carbons (Fsp3) is 0.538. The van der Waals surface area contributed by atoms with Crippen LogP contribution in [0.4, 0.5) is 11.4 Å². The van der Waals surface area contributed by atoms with E-state index in [1.54, 1.807) is 18.5 Å². The Bertz CT molecular complexity index is 599. The molecule has 7 heteroatoms. The van der Waals surface area contributed by atoms with Gasteiger partial charge in [-0.2, -0.15) is 0 Å². The molecule has 6 nitrogen and oxygen atoms in total. The Morgan fingerprint density at radius 2 is 2.25 bits per heavy atom. The molecule has 110 valence electrons. The maximum atomic E-state index is 12.0. The summed E-state index contributed by atoms with van der Waals surface area (Å²) in [7, 11) is 0.809. The summed E-state index contributed by atoms with van der Waals surface area (Å²) in [6.07, 6.45) is 4.11. The molecule has 0 aliphatic carbocycles. The minimum atomic E-state index is -2.93. The van der Waals surface area contributed by atoms with Gasteiger partial charge in [-0.1, -0.05) is 0 Å². The van der Waals surface area contributed by atoms with E-state index in [1.807, 2.05) is 19.0 Å². The van der Waals surface area contributed by atoms with Crippen molar-refractivity contribution in [3.63, 3.8) is 0 Å². The van der Waals surface area contributed by atoms with Crippen molar-refractivity contribution in [3.8, 4) is 0 Å². The van der Waals surface area contributed by atoms with Crippen LogP contribution in [-0.4, -0.2) is 44.9 Å². The minimum Gasteiger partial charge on any atom is -0.375 e. The van der Waals surface area contributed by atoms with E-state index < -0.39 is 9.84 Å². The van der Waals surface area contributed by atoms with Crippen LogP contribution < -0.4 is 10.2 Å². The lowest BCUT2D eigenvalue weighted by Crippen LogP contribution is -2.19. The number of pyridine rings is 1. The van der Waals surface area contributed by atoms with E-state index in [0.29, 0.717) is 12.1 Å². The van der Waals surface area contributed by atoms with E-state index in [-0.39, 0.29) is 29.8 Å². The number of rotatable bonds is 4. The zero-order chi connectivity index (χ0) is 14.8. The van der Waals surface area contributed by atoms with Crippen molar-refractivity contribution in [2.45, 2.75) is 12.8 Å². The standard InChI is InChI=1S/C13H19N3O3S/c1-16(2)12-8-14-5-3-11(12)15-13(17)7-10-4-6-20(18,19)9-10/h3,5,8,10H,4,6-7,9H2,1-2H3,(H,14,15,17)/t10-/m1/s1. The molecule has 1 fully saturated rings. The largest absolute Gasteiger partial charge is 0.375 e. The van der Waals surface area contributed by atoms with Gasteiger partial charge in [0, 0.05) is 26.7 Å². The average molecular weight is 297 g/mol. The van der Waals surface area contributed by atoms with E-state index in [2.05, 4.69) is 10.3 Å². The Morgan fingerprint density at radius 3 is 2.85 bits per heavy atom. The summed E-state index contributed by atoms with van der Waals surface area (Å²) in [5.74, 6) is 0.103. The Hall–Kier alpha value is -1.63. The van der Waals surface area contributed by atoms with Crippen LogP contribution in [0.15, 0.2) is 18.5 Å². The molecule has 2 rings (SSSR count). The second-order valence-corrected chi connectivity index (χ2v) is 7.54. The number of amides is 1. The van der Waals surface area contributed by atoms with Crippen molar-refractivity contribution in [1.29, 1.82) is 0 Å². The first-order valence-corrected chi connectivity index (χ1v) is 8.31. The number of anilines is 2. The molecule has 0 radical (unpaired) electrons. The van der Waals surface area contributed by atoms with Crippen LogP contribution in [0.1, 0.15) is 12.8 Å². The second kappa shape index (κ2) is 5.78. The molecule has 1 amide bonds. The number of nitrogens with zero attached hydrogens (tertiary/aromatic N) is 2. The lowest BCUT2D eigenvalue weighted by Gasteiger charge is -2.17. The van der Waals surface area contributed by atoms with Crippen LogP contribution in [0.3, 0.4) is 0 Å². The minimum absolute atomic E-state index is 0.0651. The maximum Gasteiger partial charge on any atom is 0.224 e. The van der Waals surface area contributed by atoms with Crippen molar-refractivity contribution in [1.82, 2.24) is 4.98 Å². The highest BCUT2D eigenvalue weighted by molar-refractivity contribution is 7.91. The van der Waals surface area contributed by atoms with E-state index in [4.69, 9.17) is 0 Å². The maximum absolute atomic E-state index is 12.0. The zero-order valence-corrected chi connectivity index (χ0v) is 12.5. The third-order valence-electron chi connectivity index (χ3n) is 3.36. The summed E-state index contributed by atoms with van der Waals surface area (Å²) < 4.78 is 22.8. The van der Waals surface area contributed by atoms with Gasteiger partial charge < -0.3 is 10.2 Å². The number of carbonyl (C=O) groups excluding carboxylic acids is 1. The van der Waals surface area contributed by atoms with E-state index in [0.717, 1.165) is 5.69 Å². The summed E-state index contributed by atoms with van der Waals surface area (Å²) in [6, 6.07) is 1.73. The lowest BCUT2D eigenvalue weighted by atomic mass is 10.1. The third-order valence-corrected chi connectivity index (χ3v) is 5.19. The number of hydrogen-bond donors (Lipinski definition) is 1. The number of sulfone groups is 1. The molecular weight excluding hydrogens is 278 g/mol. The summed E-state index contributed by atoms with van der Waals surface area (Å²) in [5, 5.41) is 2.83. The van der Waals surface area contributed by atoms with Crippen LogP contribution in [0, 0.1) is 5.92 Å². The highest BCUT2D eigenvalue weighted by atomic mass is 32.2. The third kappa shape index (κ3) is 3.69. The Labute approximate surface area is 119 Å². The van der Waals surface area contributed by atoms with E-state index in [1.165, 1.54) is 0 Å². The fourth-order valence-electron chi connectivity index (χ4n) is 2.34. The molecule has 0 aromatic carbocycles. The molecule has 0 spiro atoms. The molecule has 1 aliphatic heterocycles. The van der Waals surface area contributed by atoms with Gasteiger partial charge in [-0.3, -0.25) is 9.78 Å². The van der Waals surface area contributed by atoms with Gasteiger partial charge in [0.05, 0.1) is 29.1 Å². The first-order valence-electron chi connectivity index (χ1n) is 6.49. The number of aromatic nitrogens is 1. The van der Waals surface area contributed by atoms with Gasteiger partial charge in [0.1, 0.15) is 0 Å². The van der Waals surface area contributed by atoms with Gasteiger partial charge in [0.25, 0.3) is 0 Å². The van der Waals surface area contributed by atoms with Crippen molar-refractivity contribution in [2.24, 2.45) is 5.92 Å². The molecule has 1 aromatic heterocycles. The van der Waals surface area contributed by atoms with E-state index in [9.17, 15) is 13.2 Å². The van der Waals surface area contributed by atoms with Gasteiger partial charge in [0.2, 0.25) is 5.91 Å². The molecule has 20 heavy (non-hydrogen) atoms. The molecule has 1 aliphatic rings. The second-order valence-electron chi connectivity index (χ2n) is 5.31. The molecule has 2 heterocycles. The van der Waals surface area contributed by atoms with E-state index >= 15 is 0 Å². The Morgan fingerprint density at radius 1 is 1.50 bits per heavy atom. The van der Waals surface area contributed by atoms with Crippen LogP contribution in [0.25, 0.3) is 0 Å². The summed E-state index contributed by atoms with van der Waals surface area (Å²) in [5.41, 5.74) is 1.51. The van der Waals surface area contributed by atoms with Gasteiger partial charge in [-0.15, -0.1) is 0 Å². The lowest BCUT2D eigenvalue weighted by molar-refractivity contribution is -0.116. The van der Waals surface area contributed by atoms with Crippen molar-refractivity contribution >= 4 is 27.1 Å². The van der Waals surface area contributed by atoms with Gasteiger partial charge in [-0.25, -0.2) is 8.42 Å². The molecule has 0 bridgehead atoms. The Kier molecular flexibility index (Phi) is 4.27. The fourth-order valence-corrected chi connectivity index (χ4v) is 4.21. The monoisotopic (exact) mass is 297 g/mol. The average Bonchev–Trinajstić information content (AvgIpc) is 2.68. The van der Waals surface area contributed by atoms with Gasteiger partial charge in [-0.05, 0) is 18.4 Å². The van der Waals surface area contributed by atoms with Crippen LogP contribution in [0.5, 0.6) is 0 Å². The Balaban J connectivity index is 1.99. The predicted octanol–water partition coefficient (Wildman–Crippen LogP) is 0.911. The first-order chi connectivity index (χ1) is 9.37. The molecule has 1 N–H and O–H groups in total.